The Kier molecular flexibility index (Phi) is 4.94. The third-order valence-electron chi connectivity index (χ3n) is 2.97. The highest BCUT2D eigenvalue weighted by Gasteiger charge is 2.20. The molecule has 0 spiro atoms. The number of aromatic nitrogens is 1. The molecular formula is C15H15F2N3O. The minimum Gasteiger partial charge on any atom is -0.330 e. The molecular weight excluding hydrogens is 276 g/mol. The van der Waals surface area contributed by atoms with Crippen molar-refractivity contribution in [3.63, 3.8) is 0 Å². The van der Waals surface area contributed by atoms with Crippen LogP contribution in [0.3, 0.4) is 0 Å². The van der Waals surface area contributed by atoms with Crippen molar-refractivity contribution >= 4 is 11.6 Å². The molecule has 0 radical (unpaired) electrons. The highest BCUT2D eigenvalue weighted by atomic mass is 19.1. The molecule has 2 N–H and O–H groups in total. The van der Waals surface area contributed by atoms with Crippen LogP contribution in [-0.2, 0) is 0 Å². The second kappa shape index (κ2) is 6.90. The van der Waals surface area contributed by atoms with Gasteiger partial charge in [0.2, 0.25) is 0 Å². The maximum absolute atomic E-state index is 13.7. The number of hydrogen-bond donors (Lipinski definition) is 1. The van der Waals surface area contributed by atoms with Gasteiger partial charge in [0.05, 0.1) is 11.8 Å². The predicted octanol–water partition coefficient (Wildman–Crippen LogP) is 2.36. The van der Waals surface area contributed by atoms with E-state index in [9.17, 15) is 13.6 Å². The van der Waals surface area contributed by atoms with E-state index < -0.39 is 17.5 Å². The molecule has 6 heteroatoms. The van der Waals surface area contributed by atoms with Crippen molar-refractivity contribution in [3.05, 3.63) is 59.9 Å². The largest absolute Gasteiger partial charge is 0.330 e. The van der Waals surface area contributed by atoms with E-state index in [1.807, 2.05) is 0 Å². The van der Waals surface area contributed by atoms with Gasteiger partial charge in [-0.1, -0.05) is 0 Å². The van der Waals surface area contributed by atoms with Crippen molar-refractivity contribution in [3.8, 4) is 0 Å². The normalized spacial score (nSPS) is 10.4. The monoisotopic (exact) mass is 291 g/mol. The smallest absolute Gasteiger partial charge is 0.261 e. The number of benzene rings is 1. The Morgan fingerprint density at radius 1 is 1.19 bits per heavy atom. The summed E-state index contributed by atoms with van der Waals surface area (Å²) in [5, 5.41) is 0. The molecule has 2 aromatic rings. The van der Waals surface area contributed by atoms with Crippen molar-refractivity contribution in [2.75, 3.05) is 18.0 Å². The fourth-order valence-electron chi connectivity index (χ4n) is 1.91. The minimum atomic E-state index is -0.692. The molecule has 0 atom stereocenters. The molecule has 21 heavy (non-hydrogen) atoms. The molecule has 1 heterocycles. The van der Waals surface area contributed by atoms with E-state index in [-0.39, 0.29) is 5.56 Å². The van der Waals surface area contributed by atoms with Crippen molar-refractivity contribution in [1.29, 1.82) is 0 Å². The van der Waals surface area contributed by atoms with Gasteiger partial charge < -0.3 is 10.6 Å². The van der Waals surface area contributed by atoms with Gasteiger partial charge in [-0.05, 0) is 43.3 Å². The van der Waals surface area contributed by atoms with E-state index in [1.165, 1.54) is 41.4 Å². The lowest BCUT2D eigenvalue weighted by Crippen LogP contribution is -2.33. The molecule has 2 rings (SSSR count). The lowest BCUT2D eigenvalue weighted by atomic mass is 10.2. The first-order chi connectivity index (χ1) is 10.1. The fourth-order valence-corrected chi connectivity index (χ4v) is 1.91. The zero-order valence-corrected chi connectivity index (χ0v) is 11.3. The number of rotatable bonds is 5. The summed E-state index contributed by atoms with van der Waals surface area (Å²) in [6, 6.07) is 6.77. The third kappa shape index (κ3) is 3.61. The average Bonchev–Trinajstić information content (AvgIpc) is 2.49. The first-order valence-corrected chi connectivity index (χ1v) is 6.50. The molecule has 0 aliphatic rings. The summed E-state index contributed by atoms with van der Waals surface area (Å²) in [5.74, 6) is -1.60. The van der Waals surface area contributed by atoms with Crippen LogP contribution in [0.5, 0.6) is 0 Å². The second-order valence-electron chi connectivity index (χ2n) is 4.43. The fraction of sp³-hybridized carbons (Fsp3) is 0.200. The molecule has 0 fully saturated rings. The van der Waals surface area contributed by atoms with Crippen molar-refractivity contribution in [2.24, 2.45) is 5.73 Å². The van der Waals surface area contributed by atoms with Crippen LogP contribution in [0.25, 0.3) is 0 Å². The zero-order valence-electron chi connectivity index (χ0n) is 11.3. The van der Waals surface area contributed by atoms with E-state index >= 15 is 0 Å². The Labute approximate surface area is 121 Å². The van der Waals surface area contributed by atoms with Crippen LogP contribution >= 0.6 is 0 Å². The van der Waals surface area contributed by atoms with Crippen LogP contribution in [0.2, 0.25) is 0 Å². The summed E-state index contributed by atoms with van der Waals surface area (Å²) in [6.07, 6.45) is 2.89. The summed E-state index contributed by atoms with van der Waals surface area (Å²) in [6.45, 7) is 0.715. The van der Waals surface area contributed by atoms with E-state index in [4.69, 9.17) is 5.73 Å². The predicted molar refractivity (Wildman–Crippen MR) is 75.9 cm³/mol. The number of hydrogen-bond acceptors (Lipinski definition) is 3. The third-order valence-corrected chi connectivity index (χ3v) is 2.97. The SMILES string of the molecule is NCCCN(C(=O)c1ccncc1F)c1ccc(F)cc1. The Bertz CT molecular complexity index is 617. The van der Waals surface area contributed by atoms with Crippen LogP contribution < -0.4 is 10.6 Å². The summed E-state index contributed by atoms with van der Waals surface area (Å²) in [4.78, 5) is 17.5. The van der Waals surface area contributed by atoms with Crippen LogP contribution in [0.4, 0.5) is 14.5 Å². The highest BCUT2D eigenvalue weighted by Crippen LogP contribution is 2.19. The van der Waals surface area contributed by atoms with Crippen molar-refractivity contribution in [1.82, 2.24) is 4.98 Å². The Morgan fingerprint density at radius 3 is 2.52 bits per heavy atom. The van der Waals surface area contributed by atoms with Crippen LogP contribution in [0, 0.1) is 11.6 Å². The van der Waals surface area contributed by atoms with Gasteiger partial charge in [-0.3, -0.25) is 9.78 Å². The first kappa shape index (κ1) is 15.1. The maximum Gasteiger partial charge on any atom is 0.261 e. The molecule has 0 saturated carbocycles. The molecule has 1 aromatic carbocycles. The van der Waals surface area contributed by atoms with E-state index in [0.717, 1.165) is 6.20 Å². The molecule has 0 unspecified atom stereocenters. The Hall–Kier alpha value is -2.34. The average molecular weight is 291 g/mol. The van der Waals surface area contributed by atoms with Crippen LogP contribution in [-0.4, -0.2) is 24.0 Å². The standard InChI is InChI=1S/C15H15F2N3O/c16-11-2-4-12(5-3-11)20(9-1-7-18)15(21)13-6-8-19-10-14(13)17/h2-6,8,10H,1,7,9,18H2. The molecule has 0 aliphatic carbocycles. The number of pyridine rings is 1. The number of halogens is 2. The Morgan fingerprint density at radius 2 is 1.90 bits per heavy atom. The lowest BCUT2D eigenvalue weighted by Gasteiger charge is -2.23. The summed E-state index contributed by atoms with van der Waals surface area (Å²) in [7, 11) is 0. The van der Waals surface area contributed by atoms with Crippen molar-refractivity contribution in [2.45, 2.75) is 6.42 Å². The minimum absolute atomic E-state index is 0.0775. The van der Waals surface area contributed by atoms with E-state index in [0.29, 0.717) is 25.2 Å². The molecule has 1 aromatic heterocycles. The summed E-state index contributed by atoms with van der Waals surface area (Å²) in [5.41, 5.74) is 5.88. The molecule has 0 bridgehead atoms. The van der Waals surface area contributed by atoms with Gasteiger partial charge in [0.25, 0.3) is 5.91 Å². The lowest BCUT2D eigenvalue weighted by molar-refractivity contribution is 0.0982. The number of nitrogens with zero attached hydrogens (tertiary/aromatic N) is 2. The number of nitrogens with two attached hydrogens (primary N) is 1. The molecule has 1 amide bonds. The Balaban J connectivity index is 2.33. The maximum atomic E-state index is 13.7. The van der Waals surface area contributed by atoms with Gasteiger partial charge in [-0.15, -0.1) is 0 Å². The van der Waals surface area contributed by atoms with Gasteiger partial charge in [0, 0.05) is 18.4 Å². The first-order valence-electron chi connectivity index (χ1n) is 6.50. The van der Waals surface area contributed by atoms with Gasteiger partial charge in [0.15, 0.2) is 5.82 Å². The van der Waals surface area contributed by atoms with Crippen LogP contribution in [0.1, 0.15) is 16.8 Å². The van der Waals surface area contributed by atoms with Gasteiger partial charge in [0.1, 0.15) is 5.82 Å². The second-order valence-corrected chi connectivity index (χ2v) is 4.43. The van der Waals surface area contributed by atoms with Crippen LogP contribution in [0.15, 0.2) is 42.7 Å². The topological polar surface area (TPSA) is 59.2 Å². The molecule has 110 valence electrons. The van der Waals surface area contributed by atoms with Crippen molar-refractivity contribution < 1.29 is 13.6 Å². The number of anilines is 1. The van der Waals surface area contributed by atoms with E-state index in [2.05, 4.69) is 4.98 Å². The number of carbonyl (C=O) groups excluding carboxylic acids is 1. The molecule has 4 nitrogen and oxygen atoms in total. The summed E-state index contributed by atoms with van der Waals surface area (Å²) >= 11 is 0. The highest BCUT2D eigenvalue weighted by molar-refractivity contribution is 6.06. The zero-order chi connectivity index (χ0) is 15.2. The quantitative estimate of drug-likeness (QED) is 0.920. The van der Waals surface area contributed by atoms with Gasteiger partial charge in [-0.25, -0.2) is 8.78 Å². The molecule has 0 aliphatic heterocycles. The van der Waals surface area contributed by atoms with Gasteiger partial charge >= 0.3 is 0 Å². The van der Waals surface area contributed by atoms with Gasteiger partial charge in [-0.2, -0.15) is 0 Å². The van der Waals surface area contributed by atoms with E-state index in [1.54, 1.807) is 0 Å². The summed E-state index contributed by atoms with van der Waals surface area (Å²) < 4.78 is 26.7. The number of amides is 1. The number of carbonyl (C=O) groups is 1. The molecule has 0 saturated heterocycles.